The lowest BCUT2D eigenvalue weighted by atomic mass is 10.2. The molecule has 104 valence electrons. The Hall–Kier alpha value is -1.30. The Morgan fingerprint density at radius 2 is 2.06 bits per heavy atom. The van der Waals surface area contributed by atoms with Gasteiger partial charge in [-0.15, -0.1) is 0 Å². The average molecular weight is 258 g/mol. The molecule has 6 heteroatoms. The molecule has 2 amide bonds. The SMILES string of the molecule is O=C(O)CCCCCNC(=O)N1CCCC1CO. The van der Waals surface area contributed by atoms with Crippen LogP contribution in [0.25, 0.3) is 0 Å². The monoisotopic (exact) mass is 258 g/mol. The maximum atomic E-state index is 11.8. The zero-order chi connectivity index (χ0) is 13.4. The molecule has 6 nitrogen and oxygen atoms in total. The smallest absolute Gasteiger partial charge is 0.317 e. The third kappa shape index (κ3) is 4.91. The first-order valence-electron chi connectivity index (χ1n) is 6.52. The zero-order valence-electron chi connectivity index (χ0n) is 10.6. The third-order valence-corrected chi connectivity index (χ3v) is 3.19. The van der Waals surface area contributed by atoms with E-state index in [0.717, 1.165) is 25.7 Å². The van der Waals surface area contributed by atoms with Gasteiger partial charge in [0.25, 0.3) is 0 Å². The molecule has 0 aliphatic carbocycles. The maximum absolute atomic E-state index is 11.8. The number of carboxylic acid groups (broad SMARTS) is 1. The zero-order valence-corrected chi connectivity index (χ0v) is 10.6. The summed E-state index contributed by atoms with van der Waals surface area (Å²) in [6.45, 7) is 1.29. The van der Waals surface area contributed by atoms with Crippen LogP contribution < -0.4 is 5.32 Å². The molecule has 1 atom stereocenters. The number of aliphatic hydroxyl groups is 1. The number of aliphatic hydroxyl groups excluding tert-OH is 1. The van der Waals surface area contributed by atoms with Crippen LogP contribution in [0.1, 0.15) is 38.5 Å². The van der Waals surface area contributed by atoms with Gasteiger partial charge in [0, 0.05) is 19.5 Å². The lowest BCUT2D eigenvalue weighted by molar-refractivity contribution is -0.137. The van der Waals surface area contributed by atoms with E-state index in [1.54, 1.807) is 4.90 Å². The van der Waals surface area contributed by atoms with Gasteiger partial charge >= 0.3 is 12.0 Å². The van der Waals surface area contributed by atoms with E-state index < -0.39 is 5.97 Å². The van der Waals surface area contributed by atoms with E-state index in [-0.39, 0.29) is 25.1 Å². The fourth-order valence-corrected chi connectivity index (χ4v) is 2.17. The number of urea groups is 1. The van der Waals surface area contributed by atoms with Crippen LogP contribution >= 0.6 is 0 Å². The van der Waals surface area contributed by atoms with E-state index in [1.807, 2.05) is 0 Å². The fourth-order valence-electron chi connectivity index (χ4n) is 2.17. The molecule has 0 radical (unpaired) electrons. The minimum atomic E-state index is -0.776. The van der Waals surface area contributed by atoms with Gasteiger partial charge in [0.15, 0.2) is 0 Å². The van der Waals surface area contributed by atoms with Crippen LogP contribution in [0.15, 0.2) is 0 Å². The molecule has 1 unspecified atom stereocenters. The normalized spacial score (nSPS) is 18.9. The summed E-state index contributed by atoms with van der Waals surface area (Å²) in [5, 5.41) is 20.4. The van der Waals surface area contributed by atoms with Crippen LogP contribution in [0.5, 0.6) is 0 Å². The van der Waals surface area contributed by atoms with Crippen molar-refractivity contribution in [3.63, 3.8) is 0 Å². The molecule has 3 N–H and O–H groups in total. The van der Waals surface area contributed by atoms with E-state index >= 15 is 0 Å². The Morgan fingerprint density at radius 1 is 1.28 bits per heavy atom. The minimum absolute atomic E-state index is 0.0199. The molecular formula is C12H22N2O4. The number of unbranched alkanes of at least 4 members (excludes halogenated alkanes) is 2. The maximum Gasteiger partial charge on any atom is 0.317 e. The molecule has 0 aromatic rings. The molecule has 0 aromatic heterocycles. The predicted molar refractivity (Wildman–Crippen MR) is 66.3 cm³/mol. The number of nitrogens with one attached hydrogen (secondary N) is 1. The van der Waals surface area contributed by atoms with Gasteiger partial charge in [0.2, 0.25) is 0 Å². The lowest BCUT2D eigenvalue weighted by Crippen LogP contribution is -2.44. The average Bonchev–Trinajstić information content (AvgIpc) is 2.81. The van der Waals surface area contributed by atoms with Crippen molar-refractivity contribution in [2.75, 3.05) is 19.7 Å². The molecule has 1 fully saturated rings. The summed E-state index contributed by atoms with van der Waals surface area (Å²) < 4.78 is 0. The summed E-state index contributed by atoms with van der Waals surface area (Å²) in [7, 11) is 0. The Balaban J connectivity index is 2.08. The van der Waals surface area contributed by atoms with Crippen LogP contribution in [0.2, 0.25) is 0 Å². The van der Waals surface area contributed by atoms with Crippen LogP contribution in [0.4, 0.5) is 4.79 Å². The Kier molecular flexibility index (Phi) is 6.49. The van der Waals surface area contributed by atoms with E-state index in [0.29, 0.717) is 19.5 Å². The molecule has 0 saturated carbocycles. The molecule has 1 aliphatic heterocycles. The van der Waals surface area contributed by atoms with Crippen molar-refractivity contribution in [1.29, 1.82) is 0 Å². The first kappa shape index (κ1) is 14.8. The number of hydrogen-bond donors (Lipinski definition) is 3. The standard InChI is InChI=1S/C12H22N2O4/c15-9-10-5-4-8-14(10)12(18)13-7-3-1-2-6-11(16)17/h10,15H,1-9H2,(H,13,18)(H,16,17). The number of carbonyl (C=O) groups excluding carboxylic acids is 1. The van der Waals surface area contributed by atoms with Crippen LogP contribution in [0, 0.1) is 0 Å². The number of hydrogen-bond acceptors (Lipinski definition) is 3. The molecule has 1 rings (SSSR count). The van der Waals surface area contributed by atoms with Crippen molar-refractivity contribution < 1.29 is 19.8 Å². The van der Waals surface area contributed by atoms with E-state index in [1.165, 1.54) is 0 Å². The molecule has 1 saturated heterocycles. The van der Waals surface area contributed by atoms with Gasteiger partial charge in [-0.2, -0.15) is 0 Å². The molecule has 18 heavy (non-hydrogen) atoms. The van der Waals surface area contributed by atoms with Gasteiger partial charge in [-0.25, -0.2) is 4.79 Å². The number of nitrogens with zero attached hydrogens (tertiary/aromatic N) is 1. The Bertz CT molecular complexity index is 283. The summed E-state index contributed by atoms with van der Waals surface area (Å²) in [5.41, 5.74) is 0. The summed E-state index contributed by atoms with van der Waals surface area (Å²) in [5.74, 6) is -0.776. The largest absolute Gasteiger partial charge is 0.481 e. The second-order valence-corrected chi connectivity index (χ2v) is 4.61. The summed E-state index contributed by atoms with van der Waals surface area (Å²) in [6.07, 6.45) is 4.23. The summed E-state index contributed by atoms with van der Waals surface area (Å²) in [4.78, 5) is 23.7. The van der Waals surface area contributed by atoms with Crippen molar-refractivity contribution in [3.8, 4) is 0 Å². The summed E-state index contributed by atoms with van der Waals surface area (Å²) >= 11 is 0. The molecular weight excluding hydrogens is 236 g/mol. The van der Waals surface area contributed by atoms with Crippen LogP contribution in [0.3, 0.4) is 0 Å². The van der Waals surface area contributed by atoms with Gasteiger partial charge in [-0.3, -0.25) is 4.79 Å². The first-order chi connectivity index (χ1) is 8.65. The number of carboxylic acids is 1. The molecule has 1 heterocycles. The highest BCUT2D eigenvalue weighted by atomic mass is 16.4. The molecule has 0 spiro atoms. The van der Waals surface area contributed by atoms with Crippen molar-refractivity contribution in [1.82, 2.24) is 10.2 Å². The molecule has 1 aliphatic rings. The first-order valence-corrected chi connectivity index (χ1v) is 6.52. The topological polar surface area (TPSA) is 89.9 Å². The minimum Gasteiger partial charge on any atom is -0.481 e. The van der Waals surface area contributed by atoms with Gasteiger partial charge < -0.3 is 20.4 Å². The highest BCUT2D eigenvalue weighted by Crippen LogP contribution is 2.16. The number of aliphatic carboxylic acids is 1. The van der Waals surface area contributed by atoms with Gasteiger partial charge in [0.1, 0.15) is 0 Å². The van der Waals surface area contributed by atoms with Gasteiger partial charge in [0.05, 0.1) is 12.6 Å². The van der Waals surface area contributed by atoms with Crippen LogP contribution in [-0.4, -0.2) is 52.9 Å². The van der Waals surface area contributed by atoms with Crippen molar-refractivity contribution in [2.24, 2.45) is 0 Å². The van der Waals surface area contributed by atoms with Gasteiger partial charge in [-0.05, 0) is 25.7 Å². The fraction of sp³-hybridized carbons (Fsp3) is 0.833. The predicted octanol–water partition coefficient (Wildman–Crippen LogP) is 0.798. The van der Waals surface area contributed by atoms with Crippen molar-refractivity contribution >= 4 is 12.0 Å². The van der Waals surface area contributed by atoms with Crippen LogP contribution in [-0.2, 0) is 4.79 Å². The van der Waals surface area contributed by atoms with Crippen molar-refractivity contribution in [3.05, 3.63) is 0 Å². The quantitative estimate of drug-likeness (QED) is 0.589. The highest BCUT2D eigenvalue weighted by Gasteiger charge is 2.27. The number of rotatable bonds is 7. The lowest BCUT2D eigenvalue weighted by Gasteiger charge is -2.23. The number of likely N-dealkylation sites (tertiary alicyclic amines) is 1. The van der Waals surface area contributed by atoms with Gasteiger partial charge in [-0.1, -0.05) is 6.42 Å². The second-order valence-electron chi connectivity index (χ2n) is 4.61. The highest BCUT2D eigenvalue weighted by molar-refractivity contribution is 5.74. The van der Waals surface area contributed by atoms with Crippen molar-refractivity contribution in [2.45, 2.75) is 44.6 Å². The number of carbonyl (C=O) groups is 2. The number of amides is 2. The van der Waals surface area contributed by atoms with E-state index in [4.69, 9.17) is 10.2 Å². The summed E-state index contributed by atoms with van der Waals surface area (Å²) in [6, 6.07) is -0.165. The Labute approximate surface area is 107 Å². The van der Waals surface area contributed by atoms with E-state index in [9.17, 15) is 9.59 Å². The van der Waals surface area contributed by atoms with E-state index in [2.05, 4.69) is 5.32 Å². The molecule has 0 bridgehead atoms. The third-order valence-electron chi connectivity index (χ3n) is 3.19. The second kappa shape index (κ2) is 7.92. The molecule has 0 aromatic carbocycles. The Morgan fingerprint density at radius 3 is 2.72 bits per heavy atom.